The van der Waals surface area contributed by atoms with Gasteiger partial charge in [-0.15, -0.1) is 0 Å². The summed E-state index contributed by atoms with van der Waals surface area (Å²) < 4.78 is 40.6. The van der Waals surface area contributed by atoms with Gasteiger partial charge in [-0.25, -0.2) is 13.2 Å². The van der Waals surface area contributed by atoms with Crippen molar-refractivity contribution in [3.8, 4) is 5.75 Å². The van der Waals surface area contributed by atoms with Gasteiger partial charge in [0.2, 0.25) is 0 Å². The summed E-state index contributed by atoms with van der Waals surface area (Å²) in [6, 6.07) is 9.69. The number of carbonyl (C=O) groups is 1. The Hall–Kier alpha value is -1.45. The molecule has 0 aliphatic rings. The molecule has 0 radical (unpaired) electrons. The average Bonchev–Trinajstić information content (AvgIpc) is 2.45. The van der Waals surface area contributed by atoms with E-state index in [9.17, 15) is 17.8 Å². The van der Waals surface area contributed by atoms with Gasteiger partial charge in [-0.2, -0.15) is 0 Å². The number of benzene rings is 2. The third-order valence-corrected chi connectivity index (χ3v) is 5.04. The van der Waals surface area contributed by atoms with Gasteiger partial charge in [0, 0.05) is 3.57 Å². The van der Waals surface area contributed by atoms with Crippen LogP contribution in [0.15, 0.2) is 41.3 Å². The predicted molar refractivity (Wildman–Crippen MR) is 97.3 cm³/mol. The van der Waals surface area contributed by atoms with E-state index in [1.54, 1.807) is 39.0 Å². The van der Waals surface area contributed by atoms with Gasteiger partial charge in [0.25, 0.3) is 0 Å². The zero-order valence-corrected chi connectivity index (χ0v) is 16.3. The minimum absolute atomic E-state index is 0.228. The van der Waals surface area contributed by atoms with Gasteiger partial charge < -0.3 is 9.29 Å². The highest BCUT2D eigenvalue weighted by atomic mass is 127. The minimum atomic E-state index is -4.61. The summed E-state index contributed by atoms with van der Waals surface area (Å²) in [5.41, 5.74) is 0.930. The molecular formula is C17H16IO5S-. The van der Waals surface area contributed by atoms with Gasteiger partial charge in [-0.05, 0) is 76.9 Å². The lowest BCUT2D eigenvalue weighted by Crippen LogP contribution is -2.14. The fourth-order valence-electron chi connectivity index (χ4n) is 2.28. The molecule has 0 fully saturated rings. The monoisotopic (exact) mass is 459 g/mol. The molecule has 0 N–H and O–H groups in total. The summed E-state index contributed by atoms with van der Waals surface area (Å²) >= 11 is 2.11. The zero-order chi connectivity index (χ0) is 18.1. The van der Waals surface area contributed by atoms with Crippen LogP contribution in [0.25, 0.3) is 0 Å². The normalized spacial score (nSPS) is 11.6. The van der Waals surface area contributed by atoms with E-state index >= 15 is 0 Å². The van der Waals surface area contributed by atoms with Gasteiger partial charge in [0.05, 0.1) is 10.5 Å². The third-order valence-electron chi connectivity index (χ3n) is 3.47. The lowest BCUT2D eigenvalue weighted by atomic mass is 9.97. The third kappa shape index (κ3) is 4.34. The SMILES string of the molecule is Cc1cc(S(=O)(=O)[O-])c(C(C)C)cc1C(=O)Oc1cccc(I)c1. The standard InChI is InChI=1S/C17H17IO5S/c1-10(2)14-9-15(11(3)7-16(14)24(20,21)22)17(19)23-13-6-4-5-12(18)8-13/h4-10H,1-3H3,(H,20,21,22)/p-1. The van der Waals surface area contributed by atoms with Crippen LogP contribution < -0.4 is 4.74 Å². The first-order chi connectivity index (χ1) is 11.1. The summed E-state index contributed by atoms with van der Waals surface area (Å²) in [5.74, 6) is -0.419. The Morgan fingerprint density at radius 3 is 2.42 bits per heavy atom. The molecule has 0 saturated heterocycles. The fourth-order valence-corrected chi connectivity index (χ4v) is 3.70. The van der Waals surface area contributed by atoms with E-state index in [-0.39, 0.29) is 16.4 Å². The van der Waals surface area contributed by atoms with E-state index < -0.39 is 16.1 Å². The van der Waals surface area contributed by atoms with Crippen LogP contribution in [0, 0.1) is 10.5 Å². The highest BCUT2D eigenvalue weighted by molar-refractivity contribution is 14.1. The Labute approximate surface area is 154 Å². The minimum Gasteiger partial charge on any atom is -0.744 e. The van der Waals surface area contributed by atoms with E-state index in [4.69, 9.17) is 4.74 Å². The van der Waals surface area contributed by atoms with Gasteiger partial charge in [0.1, 0.15) is 15.9 Å². The Morgan fingerprint density at radius 2 is 1.88 bits per heavy atom. The average molecular weight is 459 g/mol. The second kappa shape index (κ2) is 7.20. The van der Waals surface area contributed by atoms with Crippen molar-refractivity contribution >= 4 is 38.7 Å². The summed E-state index contributed by atoms with van der Waals surface area (Å²) in [7, 11) is -4.61. The van der Waals surface area contributed by atoms with Crippen molar-refractivity contribution < 1.29 is 22.5 Å². The molecule has 0 bridgehead atoms. The van der Waals surface area contributed by atoms with Gasteiger partial charge in [0.15, 0.2) is 0 Å². The lowest BCUT2D eigenvalue weighted by molar-refractivity contribution is 0.0733. The number of carbonyl (C=O) groups excluding carboxylic acids is 1. The van der Waals surface area contributed by atoms with Crippen molar-refractivity contribution in [1.29, 1.82) is 0 Å². The fraction of sp³-hybridized carbons (Fsp3) is 0.235. The molecule has 0 atom stereocenters. The summed E-state index contributed by atoms with van der Waals surface area (Å²) in [5, 5.41) is 0. The molecule has 7 heteroatoms. The van der Waals surface area contributed by atoms with Crippen molar-refractivity contribution in [3.05, 3.63) is 56.7 Å². The number of aryl methyl sites for hydroxylation is 1. The van der Waals surface area contributed by atoms with E-state index in [0.29, 0.717) is 16.9 Å². The van der Waals surface area contributed by atoms with Crippen molar-refractivity contribution in [3.63, 3.8) is 0 Å². The van der Waals surface area contributed by atoms with Crippen molar-refractivity contribution in [2.75, 3.05) is 0 Å². The number of hydrogen-bond donors (Lipinski definition) is 0. The second-order valence-electron chi connectivity index (χ2n) is 5.66. The van der Waals surface area contributed by atoms with Crippen LogP contribution >= 0.6 is 22.6 Å². The highest BCUT2D eigenvalue weighted by Gasteiger charge is 2.19. The molecular weight excluding hydrogens is 443 g/mol. The molecule has 5 nitrogen and oxygen atoms in total. The van der Waals surface area contributed by atoms with Gasteiger partial charge >= 0.3 is 5.97 Å². The molecule has 2 aromatic rings. The van der Waals surface area contributed by atoms with Gasteiger partial charge in [-0.1, -0.05) is 19.9 Å². The molecule has 0 aromatic heterocycles. The molecule has 2 rings (SSSR count). The second-order valence-corrected chi connectivity index (χ2v) is 8.25. The molecule has 0 aliphatic heterocycles. The topological polar surface area (TPSA) is 83.5 Å². The molecule has 128 valence electrons. The summed E-state index contributed by atoms with van der Waals surface area (Å²) in [6.45, 7) is 5.09. The van der Waals surface area contributed by atoms with E-state index in [0.717, 1.165) is 3.57 Å². The Morgan fingerprint density at radius 1 is 1.21 bits per heavy atom. The van der Waals surface area contributed by atoms with Crippen LogP contribution in [0.3, 0.4) is 0 Å². The van der Waals surface area contributed by atoms with Crippen LogP contribution in [0.2, 0.25) is 0 Å². The number of ether oxygens (including phenoxy) is 1. The number of rotatable bonds is 4. The Kier molecular flexibility index (Phi) is 5.67. The Bertz CT molecular complexity index is 888. The zero-order valence-electron chi connectivity index (χ0n) is 13.4. The quantitative estimate of drug-likeness (QED) is 0.300. The smallest absolute Gasteiger partial charge is 0.343 e. The van der Waals surface area contributed by atoms with E-state index in [2.05, 4.69) is 22.6 Å². The molecule has 0 spiro atoms. The van der Waals surface area contributed by atoms with Gasteiger partial charge in [-0.3, -0.25) is 0 Å². The number of hydrogen-bond acceptors (Lipinski definition) is 5. The van der Waals surface area contributed by atoms with Crippen LogP contribution in [-0.2, 0) is 10.1 Å². The highest BCUT2D eigenvalue weighted by Crippen LogP contribution is 2.28. The molecule has 24 heavy (non-hydrogen) atoms. The maximum atomic E-state index is 12.4. The Balaban J connectivity index is 2.47. The lowest BCUT2D eigenvalue weighted by Gasteiger charge is -2.18. The van der Waals surface area contributed by atoms with Crippen LogP contribution in [0.5, 0.6) is 5.75 Å². The predicted octanol–water partition coefficient (Wildman–Crippen LogP) is 3.85. The van der Waals surface area contributed by atoms with Crippen LogP contribution in [0.1, 0.15) is 41.3 Å². The summed E-state index contributed by atoms with van der Waals surface area (Å²) in [6.07, 6.45) is 0. The number of halogens is 1. The number of esters is 1. The van der Waals surface area contributed by atoms with Crippen LogP contribution in [-0.4, -0.2) is 18.9 Å². The molecule has 0 heterocycles. The van der Waals surface area contributed by atoms with E-state index in [1.165, 1.54) is 12.1 Å². The maximum absolute atomic E-state index is 12.4. The molecule has 0 saturated carbocycles. The first-order valence-corrected chi connectivity index (χ1v) is 9.66. The molecule has 0 aliphatic carbocycles. The van der Waals surface area contributed by atoms with Crippen molar-refractivity contribution in [2.24, 2.45) is 0 Å². The molecule has 0 unspecified atom stereocenters. The molecule has 2 aromatic carbocycles. The van der Waals surface area contributed by atoms with E-state index in [1.807, 2.05) is 6.07 Å². The largest absolute Gasteiger partial charge is 0.744 e. The maximum Gasteiger partial charge on any atom is 0.343 e. The first kappa shape index (κ1) is 18.9. The summed E-state index contributed by atoms with van der Waals surface area (Å²) in [4.78, 5) is 12.1. The van der Waals surface area contributed by atoms with Crippen molar-refractivity contribution in [1.82, 2.24) is 0 Å². The first-order valence-electron chi connectivity index (χ1n) is 7.17. The van der Waals surface area contributed by atoms with Crippen molar-refractivity contribution in [2.45, 2.75) is 31.6 Å². The molecule has 0 amide bonds. The van der Waals surface area contributed by atoms with Crippen LogP contribution in [0.4, 0.5) is 0 Å².